The summed E-state index contributed by atoms with van der Waals surface area (Å²) in [6.45, 7) is 3.58. The molecular formula is C11H10N2O3S. The average molecular weight is 250 g/mol. The topological polar surface area (TPSA) is 79.2 Å². The van der Waals surface area contributed by atoms with E-state index in [9.17, 15) is 8.42 Å². The number of rotatable bonds is 2. The molecule has 0 radical (unpaired) electrons. The van der Waals surface area contributed by atoms with Gasteiger partial charge < -0.3 is 4.18 Å². The molecule has 0 saturated carbocycles. The highest BCUT2D eigenvalue weighted by Gasteiger charge is 2.29. The summed E-state index contributed by atoms with van der Waals surface area (Å²) in [6, 6.07) is 6.19. The number of nitrogens with one attached hydrogen (secondary N) is 1. The Morgan fingerprint density at radius 3 is 3.00 bits per heavy atom. The molecule has 0 amide bonds. The lowest BCUT2D eigenvalue weighted by Gasteiger charge is -2.25. The molecule has 6 heteroatoms. The standard InChI is InChI=1S/C11H10N2O3S/c1-2-3-10-9-6-8(7-12)4-5-11(9)16-17(14,15)13-10/h2,4-6,10,13H,1,3H2/t10-/m1/s1. The predicted molar refractivity (Wildman–Crippen MR) is 61.4 cm³/mol. The Hall–Kier alpha value is -1.84. The van der Waals surface area contributed by atoms with E-state index in [-0.39, 0.29) is 5.75 Å². The van der Waals surface area contributed by atoms with Crippen LogP contribution in [-0.4, -0.2) is 8.42 Å². The van der Waals surface area contributed by atoms with Gasteiger partial charge in [0, 0.05) is 5.56 Å². The third-order valence-corrected chi connectivity index (χ3v) is 3.37. The molecule has 0 bridgehead atoms. The van der Waals surface area contributed by atoms with E-state index in [1.165, 1.54) is 12.1 Å². The summed E-state index contributed by atoms with van der Waals surface area (Å²) in [6.07, 6.45) is 2.05. The quantitative estimate of drug-likeness (QED) is 0.805. The van der Waals surface area contributed by atoms with Gasteiger partial charge in [-0.3, -0.25) is 0 Å². The van der Waals surface area contributed by atoms with Gasteiger partial charge in [0.1, 0.15) is 5.75 Å². The number of fused-ring (bicyclic) bond motifs is 1. The third-order valence-electron chi connectivity index (χ3n) is 2.40. The largest absolute Gasteiger partial charge is 0.383 e. The molecule has 17 heavy (non-hydrogen) atoms. The molecule has 0 fully saturated rings. The van der Waals surface area contributed by atoms with E-state index < -0.39 is 16.3 Å². The smallest absolute Gasteiger partial charge is 0.371 e. The summed E-state index contributed by atoms with van der Waals surface area (Å²) in [5.41, 5.74) is 1.11. The second kappa shape index (κ2) is 4.20. The first-order valence-electron chi connectivity index (χ1n) is 4.92. The molecule has 1 aromatic rings. The van der Waals surface area contributed by atoms with Crippen LogP contribution < -0.4 is 8.91 Å². The van der Waals surface area contributed by atoms with Crippen LogP contribution in [0.1, 0.15) is 23.6 Å². The molecule has 0 saturated heterocycles. The number of benzene rings is 1. The molecule has 2 rings (SSSR count). The summed E-state index contributed by atoms with van der Waals surface area (Å²) in [4.78, 5) is 0. The molecule has 0 unspecified atom stereocenters. The van der Waals surface area contributed by atoms with Crippen molar-refractivity contribution in [1.82, 2.24) is 4.72 Å². The molecule has 1 aromatic carbocycles. The predicted octanol–water partition coefficient (Wildman–Crippen LogP) is 1.40. The van der Waals surface area contributed by atoms with Gasteiger partial charge in [-0.05, 0) is 24.6 Å². The van der Waals surface area contributed by atoms with E-state index in [1.54, 1.807) is 12.1 Å². The fourth-order valence-corrected chi connectivity index (χ4v) is 2.70. The lowest BCUT2D eigenvalue weighted by atomic mass is 10.0. The molecule has 0 aliphatic carbocycles. The summed E-state index contributed by atoms with van der Waals surface area (Å²) < 4.78 is 30.0. The molecule has 1 heterocycles. The maximum absolute atomic E-state index is 11.4. The highest BCUT2D eigenvalue weighted by Crippen LogP contribution is 2.33. The van der Waals surface area contributed by atoms with Crippen molar-refractivity contribution < 1.29 is 12.6 Å². The fourth-order valence-electron chi connectivity index (χ4n) is 1.69. The molecule has 5 nitrogen and oxygen atoms in total. The van der Waals surface area contributed by atoms with Crippen LogP contribution in [0.25, 0.3) is 0 Å². The van der Waals surface area contributed by atoms with Gasteiger partial charge in [-0.2, -0.15) is 18.4 Å². The molecule has 88 valence electrons. The number of hydrogen-bond acceptors (Lipinski definition) is 4. The van der Waals surface area contributed by atoms with Crippen LogP contribution in [0, 0.1) is 11.3 Å². The lowest BCUT2D eigenvalue weighted by Crippen LogP contribution is -2.36. The Kier molecular flexibility index (Phi) is 2.88. The van der Waals surface area contributed by atoms with Crippen molar-refractivity contribution in [3.05, 3.63) is 42.0 Å². The summed E-state index contributed by atoms with van der Waals surface area (Å²) in [7, 11) is -3.77. The van der Waals surface area contributed by atoms with Crippen LogP contribution in [-0.2, 0) is 10.3 Å². The van der Waals surface area contributed by atoms with E-state index in [4.69, 9.17) is 9.44 Å². The summed E-state index contributed by atoms with van der Waals surface area (Å²) >= 11 is 0. The van der Waals surface area contributed by atoms with Crippen molar-refractivity contribution >= 4 is 10.3 Å². The van der Waals surface area contributed by atoms with Gasteiger partial charge in [0.2, 0.25) is 0 Å². The molecule has 1 aliphatic rings. The first-order valence-corrected chi connectivity index (χ1v) is 6.33. The van der Waals surface area contributed by atoms with Gasteiger partial charge in [-0.1, -0.05) is 6.08 Å². The third kappa shape index (κ3) is 2.30. The van der Waals surface area contributed by atoms with Crippen LogP contribution in [0.4, 0.5) is 0 Å². The van der Waals surface area contributed by atoms with Crippen molar-refractivity contribution in [2.75, 3.05) is 0 Å². The van der Waals surface area contributed by atoms with E-state index in [2.05, 4.69) is 11.3 Å². The Bertz CT molecular complexity index is 602. The van der Waals surface area contributed by atoms with E-state index in [0.717, 1.165) is 0 Å². The molecule has 0 spiro atoms. The lowest BCUT2D eigenvalue weighted by molar-refractivity contribution is 0.429. The second-order valence-electron chi connectivity index (χ2n) is 3.60. The van der Waals surface area contributed by atoms with Crippen LogP contribution in [0.5, 0.6) is 5.75 Å². The van der Waals surface area contributed by atoms with E-state index in [1.807, 2.05) is 6.07 Å². The zero-order chi connectivity index (χ0) is 12.5. The molecular weight excluding hydrogens is 240 g/mol. The highest BCUT2D eigenvalue weighted by molar-refractivity contribution is 7.85. The average Bonchev–Trinajstić information content (AvgIpc) is 2.27. The van der Waals surface area contributed by atoms with Gasteiger partial charge in [0.05, 0.1) is 17.7 Å². The SMILES string of the molecule is C=CC[C@H]1NS(=O)(=O)Oc2ccc(C#N)cc21. The monoisotopic (exact) mass is 250 g/mol. The summed E-state index contributed by atoms with van der Waals surface area (Å²) in [5, 5.41) is 8.81. The molecule has 1 N–H and O–H groups in total. The van der Waals surface area contributed by atoms with Gasteiger partial charge in [-0.15, -0.1) is 6.58 Å². The van der Waals surface area contributed by atoms with Crippen LogP contribution in [0.3, 0.4) is 0 Å². The molecule has 0 aromatic heterocycles. The van der Waals surface area contributed by atoms with Crippen LogP contribution in [0.15, 0.2) is 30.9 Å². The van der Waals surface area contributed by atoms with Crippen LogP contribution >= 0.6 is 0 Å². The van der Waals surface area contributed by atoms with Crippen molar-refractivity contribution in [2.45, 2.75) is 12.5 Å². The minimum atomic E-state index is -3.77. The zero-order valence-corrected chi connectivity index (χ0v) is 9.70. The number of hydrogen-bond donors (Lipinski definition) is 1. The molecule has 1 atom stereocenters. The first kappa shape index (κ1) is 11.6. The van der Waals surface area contributed by atoms with Crippen molar-refractivity contribution in [3.8, 4) is 11.8 Å². The normalized spacial score (nSPS) is 20.8. The van der Waals surface area contributed by atoms with Crippen molar-refractivity contribution in [3.63, 3.8) is 0 Å². The second-order valence-corrected chi connectivity index (χ2v) is 4.91. The first-order chi connectivity index (χ1) is 8.05. The van der Waals surface area contributed by atoms with Gasteiger partial charge >= 0.3 is 10.3 Å². The van der Waals surface area contributed by atoms with Crippen molar-refractivity contribution in [1.29, 1.82) is 5.26 Å². The number of nitrogens with zero attached hydrogens (tertiary/aromatic N) is 1. The summed E-state index contributed by atoms with van der Waals surface area (Å²) in [5.74, 6) is 0.259. The van der Waals surface area contributed by atoms with Crippen LogP contribution in [0.2, 0.25) is 0 Å². The van der Waals surface area contributed by atoms with Gasteiger partial charge in [-0.25, -0.2) is 0 Å². The van der Waals surface area contributed by atoms with Gasteiger partial charge in [0.25, 0.3) is 0 Å². The highest BCUT2D eigenvalue weighted by atomic mass is 32.2. The Balaban J connectivity index is 2.53. The Labute approximate surface area is 99.6 Å². The number of nitriles is 1. The molecule has 1 aliphatic heterocycles. The van der Waals surface area contributed by atoms with E-state index >= 15 is 0 Å². The fraction of sp³-hybridized carbons (Fsp3) is 0.182. The van der Waals surface area contributed by atoms with Crippen molar-refractivity contribution in [2.24, 2.45) is 0 Å². The Morgan fingerprint density at radius 2 is 2.35 bits per heavy atom. The minimum Gasteiger partial charge on any atom is -0.371 e. The maximum atomic E-state index is 11.4. The zero-order valence-electron chi connectivity index (χ0n) is 8.88. The van der Waals surface area contributed by atoms with Gasteiger partial charge in [0.15, 0.2) is 0 Å². The van der Waals surface area contributed by atoms with E-state index in [0.29, 0.717) is 17.5 Å². The Morgan fingerprint density at radius 1 is 1.59 bits per heavy atom. The maximum Gasteiger partial charge on any atom is 0.383 e. The minimum absolute atomic E-state index is 0.259.